The molecule has 1 unspecified atom stereocenters. The van der Waals surface area contributed by atoms with Gasteiger partial charge in [-0.2, -0.15) is 0 Å². The maximum absolute atomic E-state index is 6.09. The molecule has 1 fully saturated rings. The third-order valence-corrected chi connectivity index (χ3v) is 4.11. The molecule has 0 saturated carbocycles. The number of unbranched alkanes of at least 4 members (excludes halogenated alkanes) is 1. The zero-order chi connectivity index (χ0) is 12.4. The Labute approximate surface area is 101 Å². The molecule has 0 bridgehead atoms. The normalized spacial score (nSPS) is 24.8. The summed E-state index contributed by atoms with van der Waals surface area (Å²) in [6, 6.07) is 0. The highest BCUT2D eigenvalue weighted by Gasteiger charge is 2.52. The van der Waals surface area contributed by atoms with Gasteiger partial charge in [-0.3, -0.25) is 0 Å². The summed E-state index contributed by atoms with van der Waals surface area (Å²) in [6.07, 6.45) is 4.86. The summed E-state index contributed by atoms with van der Waals surface area (Å²) in [7, 11) is -0.0125. The van der Waals surface area contributed by atoms with Gasteiger partial charge in [0.25, 0.3) is 0 Å². The highest BCUT2D eigenvalue weighted by atomic mass is 16.7. The highest BCUT2D eigenvalue weighted by Crippen LogP contribution is 2.41. The van der Waals surface area contributed by atoms with Gasteiger partial charge in [0.05, 0.1) is 11.2 Å². The van der Waals surface area contributed by atoms with E-state index in [1.807, 2.05) is 0 Å². The van der Waals surface area contributed by atoms with E-state index in [9.17, 15) is 0 Å². The summed E-state index contributed by atoms with van der Waals surface area (Å²) < 4.78 is 12.2. The summed E-state index contributed by atoms with van der Waals surface area (Å²) in [5.74, 6) is 0.543. The molecule has 1 atom stereocenters. The van der Waals surface area contributed by atoms with Gasteiger partial charge < -0.3 is 9.31 Å². The van der Waals surface area contributed by atoms with E-state index in [1.165, 1.54) is 19.3 Å². The zero-order valence-electron chi connectivity index (χ0n) is 11.8. The zero-order valence-corrected chi connectivity index (χ0v) is 11.8. The Kier molecular flexibility index (Phi) is 4.47. The van der Waals surface area contributed by atoms with E-state index in [4.69, 9.17) is 9.31 Å². The van der Waals surface area contributed by atoms with Gasteiger partial charge in [0.1, 0.15) is 0 Å². The van der Waals surface area contributed by atoms with Crippen LogP contribution in [0, 0.1) is 0 Å². The maximum atomic E-state index is 6.09. The van der Waals surface area contributed by atoms with E-state index in [1.54, 1.807) is 0 Å². The molecule has 0 radical (unpaired) electrons. The van der Waals surface area contributed by atoms with Gasteiger partial charge in [-0.15, -0.1) is 0 Å². The molecule has 1 saturated heterocycles. The average molecular weight is 226 g/mol. The van der Waals surface area contributed by atoms with Crippen molar-refractivity contribution in [3.05, 3.63) is 0 Å². The standard InChI is InChI=1S/C13H27BO2/c1-7-9-10-11(8-2)14-15-12(3,4)13(5,6)16-14/h11H,7-10H2,1-6H3. The Morgan fingerprint density at radius 3 is 1.88 bits per heavy atom. The van der Waals surface area contributed by atoms with Crippen LogP contribution in [0.2, 0.25) is 5.82 Å². The molecule has 94 valence electrons. The first-order valence-corrected chi connectivity index (χ1v) is 6.69. The van der Waals surface area contributed by atoms with E-state index >= 15 is 0 Å². The van der Waals surface area contributed by atoms with Crippen molar-refractivity contribution < 1.29 is 9.31 Å². The minimum absolute atomic E-state index is 0.0125. The van der Waals surface area contributed by atoms with Crippen LogP contribution >= 0.6 is 0 Å². The lowest BCUT2D eigenvalue weighted by Gasteiger charge is -2.32. The number of rotatable bonds is 5. The molecule has 1 heterocycles. The molecule has 0 aromatic rings. The highest BCUT2D eigenvalue weighted by molar-refractivity contribution is 6.47. The van der Waals surface area contributed by atoms with Crippen LogP contribution in [-0.2, 0) is 9.31 Å². The van der Waals surface area contributed by atoms with E-state index in [0.29, 0.717) is 5.82 Å². The van der Waals surface area contributed by atoms with Gasteiger partial charge in [0.2, 0.25) is 0 Å². The van der Waals surface area contributed by atoms with Gasteiger partial charge in [0.15, 0.2) is 0 Å². The average Bonchev–Trinajstić information content (AvgIpc) is 2.37. The fourth-order valence-corrected chi connectivity index (χ4v) is 2.08. The van der Waals surface area contributed by atoms with Crippen molar-refractivity contribution in [2.45, 2.75) is 84.2 Å². The smallest absolute Gasteiger partial charge is 0.403 e. The van der Waals surface area contributed by atoms with E-state index in [-0.39, 0.29) is 18.3 Å². The van der Waals surface area contributed by atoms with E-state index < -0.39 is 0 Å². The third kappa shape index (κ3) is 2.81. The van der Waals surface area contributed by atoms with Crippen LogP contribution in [0.5, 0.6) is 0 Å². The molecule has 0 spiro atoms. The molecular weight excluding hydrogens is 199 g/mol. The van der Waals surface area contributed by atoms with Crippen molar-refractivity contribution in [2.24, 2.45) is 0 Å². The number of hydrogen-bond donors (Lipinski definition) is 0. The lowest BCUT2D eigenvalue weighted by Crippen LogP contribution is -2.41. The minimum atomic E-state index is -0.183. The van der Waals surface area contributed by atoms with Crippen LogP contribution in [0.15, 0.2) is 0 Å². The second-order valence-electron chi connectivity index (χ2n) is 5.94. The molecule has 0 aliphatic carbocycles. The fraction of sp³-hybridized carbons (Fsp3) is 1.00. The van der Waals surface area contributed by atoms with Crippen LogP contribution in [0.4, 0.5) is 0 Å². The molecule has 16 heavy (non-hydrogen) atoms. The molecule has 1 aliphatic rings. The lowest BCUT2D eigenvalue weighted by molar-refractivity contribution is 0.00578. The lowest BCUT2D eigenvalue weighted by atomic mass is 9.68. The monoisotopic (exact) mass is 226 g/mol. The molecule has 1 aliphatic heterocycles. The Balaban J connectivity index is 2.62. The van der Waals surface area contributed by atoms with Gasteiger partial charge >= 0.3 is 7.12 Å². The SMILES string of the molecule is CCCCC(CC)B1OC(C)(C)C(C)(C)O1. The maximum Gasteiger partial charge on any atom is 0.461 e. The van der Waals surface area contributed by atoms with Crippen LogP contribution in [0.1, 0.15) is 67.2 Å². The first-order valence-electron chi connectivity index (χ1n) is 6.69. The summed E-state index contributed by atoms with van der Waals surface area (Å²) in [5, 5.41) is 0. The summed E-state index contributed by atoms with van der Waals surface area (Å²) in [5.41, 5.74) is -0.366. The van der Waals surface area contributed by atoms with Crippen molar-refractivity contribution in [2.75, 3.05) is 0 Å². The molecule has 1 rings (SSSR count). The Morgan fingerprint density at radius 1 is 1.00 bits per heavy atom. The van der Waals surface area contributed by atoms with Gasteiger partial charge in [0, 0.05) is 0 Å². The molecule has 0 aromatic heterocycles. The predicted octanol–water partition coefficient (Wildman–Crippen LogP) is 4.05. The fourth-order valence-electron chi connectivity index (χ4n) is 2.08. The second kappa shape index (κ2) is 5.09. The molecule has 0 N–H and O–H groups in total. The second-order valence-corrected chi connectivity index (χ2v) is 5.94. The molecule has 0 aromatic carbocycles. The van der Waals surface area contributed by atoms with Crippen molar-refractivity contribution in [3.63, 3.8) is 0 Å². The topological polar surface area (TPSA) is 18.5 Å². The van der Waals surface area contributed by atoms with Crippen LogP contribution in [-0.4, -0.2) is 18.3 Å². The van der Waals surface area contributed by atoms with Crippen LogP contribution in [0.3, 0.4) is 0 Å². The van der Waals surface area contributed by atoms with E-state index in [2.05, 4.69) is 41.5 Å². The minimum Gasteiger partial charge on any atom is -0.403 e. The van der Waals surface area contributed by atoms with Crippen molar-refractivity contribution in [1.82, 2.24) is 0 Å². The Morgan fingerprint density at radius 2 is 1.50 bits per heavy atom. The van der Waals surface area contributed by atoms with Crippen LogP contribution < -0.4 is 0 Å². The molecule has 0 amide bonds. The Bertz CT molecular complexity index is 210. The first kappa shape index (κ1) is 14.0. The van der Waals surface area contributed by atoms with E-state index in [0.717, 1.165) is 6.42 Å². The molecule has 2 nitrogen and oxygen atoms in total. The molecular formula is C13H27BO2. The number of hydrogen-bond acceptors (Lipinski definition) is 2. The molecule has 3 heteroatoms. The van der Waals surface area contributed by atoms with Crippen LogP contribution in [0.25, 0.3) is 0 Å². The van der Waals surface area contributed by atoms with Crippen molar-refractivity contribution in [1.29, 1.82) is 0 Å². The predicted molar refractivity (Wildman–Crippen MR) is 69.6 cm³/mol. The summed E-state index contributed by atoms with van der Waals surface area (Å²) >= 11 is 0. The third-order valence-electron chi connectivity index (χ3n) is 4.11. The van der Waals surface area contributed by atoms with Gasteiger partial charge in [-0.25, -0.2) is 0 Å². The van der Waals surface area contributed by atoms with Crippen molar-refractivity contribution in [3.8, 4) is 0 Å². The largest absolute Gasteiger partial charge is 0.461 e. The summed E-state index contributed by atoms with van der Waals surface area (Å²) in [4.78, 5) is 0. The first-order chi connectivity index (χ1) is 7.34. The van der Waals surface area contributed by atoms with Gasteiger partial charge in [-0.05, 0) is 33.5 Å². The quantitative estimate of drug-likeness (QED) is 0.658. The van der Waals surface area contributed by atoms with Crippen molar-refractivity contribution >= 4 is 7.12 Å². The Hall–Kier alpha value is -0.0151. The van der Waals surface area contributed by atoms with Gasteiger partial charge in [-0.1, -0.05) is 39.5 Å². The summed E-state index contributed by atoms with van der Waals surface area (Å²) in [6.45, 7) is 13.0.